The van der Waals surface area contributed by atoms with E-state index < -0.39 is 0 Å². The fraction of sp³-hybridized carbons (Fsp3) is 0.394. The molecule has 1 aromatic heterocycles. The highest BCUT2D eigenvalue weighted by Gasteiger charge is 2.39. The molecule has 3 unspecified atom stereocenters. The van der Waals surface area contributed by atoms with Gasteiger partial charge in [-0.2, -0.15) is 0 Å². The van der Waals surface area contributed by atoms with Crippen molar-refractivity contribution in [2.24, 2.45) is 11.8 Å². The van der Waals surface area contributed by atoms with Crippen LogP contribution in [0.2, 0.25) is 0 Å². The number of allylic oxidation sites excluding steroid dienone is 3. The molecule has 2 N–H and O–H groups in total. The van der Waals surface area contributed by atoms with Crippen LogP contribution in [0, 0.1) is 11.8 Å². The number of benzene rings is 2. The van der Waals surface area contributed by atoms with Gasteiger partial charge in [0.25, 0.3) is 5.91 Å². The number of thiazole rings is 1. The number of aromatic nitrogens is 1. The van der Waals surface area contributed by atoms with Crippen LogP contribution in [0.3, 0.4) is 0 Å². The molecule has 1 aliphatic carbocycles. The predicted molar refractivity (Wildman–Crippen MR) is 162 cm³/mol. The molecule has 1 heterocycles. The van der Waals surface area contributed by atoms with Gasteiger partial charge in [0.1, 0.15) is 0 Å². The molecular weight excluding hydrogens is 486 g/mol. The summed E-state index contributed by atoms with van der Waals surface area (Å²) in [5.41, 5.74) is 6.81. The van der Waals surface area contributed by atoms with Gasteiger partial charge in [0.05, 0.1) is 5.69 Å². The van der Waals surface area contributed by atoms with Crippen LogP contribution in [0.15, 0.2) is 78.2 Å². The Balaban J connectivity index is 1.27. The van der Waals surface area contributed by atoms with Crippen LogP contribution < -0.4 is 10.6 Å². The van der Waals surface area contributed by atoms with Crippen LogP contribution >= 0.6 is 11.3 Å². The maximum absolute atomic E-state index is 12.0. The molecule has 0 spiro atoms. The van der Waals surface area contributed by atoms with E-state index in [0.717, 1.165) is 42.2 Å². The first-order valence-corrected chi connectivity index (χ1v) is 14.8. The zero-order chi connectivity index (χ0) is 26.9. The third-order valence-corrected chi connectivity index (χ3v) is 8.73. The fourth-order valence-corrected chi connectivity index (χ4v) is 6.04. The highest BCUT2D eigenvalue weighted by atomic mass is 32.1. The Bertz CT molecular complexity index is 1260. The van der Waals surface area contributed by atoms with Gasteiger partial charge in [-0.1, -0.05) is 74.5 Å². The SMILES string of the molecule is C=C(/C=C\CCCCc1ccccc1C1CC(CNc2nc(-c3cccc(C(=O)NC)c3)cs2)C1C)CC. The van der Waals surface area contributed by atoms with Crippen LogP contribution in [0.1, 0.15) is 73.4 Å². The van der Waals surface area contributed by atoms with E-state index in [2.05, 4.69) is 72.9 Å². The average Bonchev–Trinajstić information content (AvgIpc) is 3.43. The maximum Gasteiger partial charge on any atom is 0.251 e. The van der Waals surface area contributed by atoms with Crippen molar-refractivity contribution in [3.63, 3.8) is 0 Å². The molecule has 4 nitrogen and oxygen atoms in total. The van der Waals surface area contributed by atoms with Crippen LogP contribution in [-0.4, -0.2) is 24.5 Å². The molecular formula is C33H41N3OS. The van der Waals surface area contributed by atoms with E-state index in [4.69, 9.17) is 4.98 Å². The fourth-order valence-electron chi connectivity index (χ4n) is 5.31. The highest BCUT2D eigenvalue weighted by Crippen LogP contribution is 2.48. The Morgan fingerprint density at radius 1 is 1.18 bits per heavy atom. The summed E-state index contributed by atoms with van der Waals surface area (Å²) in [6.45, 7) is 9.55. The minimum absolute atomic E-state index is 0.0818. The van der Waals surface area contributed by atoms with Crippen LogP contribution in [0.5, 0.6) is 0 Å². The molecule has 5 heteroatoms. The van der Waals surface area contributed by atoms with Crippen LogP contribution in [-0.2, 0) is 6.42 Å². The number of aryl methyl sites for hydroxylation is 1. The number of hydrogen-bond acceptors (Lipinski definition) is 4. The molecule has 38 heavy (non-hydrogen) atoms. The van der Waals surface area contributed by atoms with Crippen molar-refractivity contribution in [2.45, 2.75) is 58.3 Å². The topological polar surface area (TPSA) is 54.0 Å². The number of anilines is 1. The van der Waals surface area contributed by atoms with Crippen LogP contribution in [0.25, 0.3) is 11.3 Å². The Labute approximate surface area is 232 Å². The minimum Gasteiger partial charge on any atom is -0.361 e. The van der Waals surface area contributed by atoms with E-state index >= 15 is 0 Å². The van der Waals surface area contributed by atoms with Crippen molar-refractivity contribution >= 4 is 22.4 Å². The standard InChI is InChI=1S/C33H41N3OS/c1-5-23(2)13-8-6-7-9-14-25-15-10-11-18-29(25)30-20-28(24(30)3)21-35-33-36-31(22-38-33)26-16-12-17-27(19-26)32(37)34-4/h8,10-13,15-19,22,24,28,30H,2,5-7,9,14,20-21H2,1,3-4H3,(H,34,37)(H,35,36)/b13-8-. The molecule has 0 bridgehead atoms. The number of hydrogen-bond donors (Lipinski definition) is 2. The molecule has 1 fully saturated rings. The average molecular weight is 528 g/mol. The molecule has 1 aliphatic rings. The van der Waals surface area contributed by atoms with Gasteiger partial charge in [-0.25, -0.2) is 4.98 Å². The first-order valence-electron chi connectivity index (χ1n) is 13.9. The number of unbranched alkanes of at least 4 members (excludes halogenated alkanes) is 2. The molecule has 1 saturated carbocycles. The quantitative estimate of drug-likeness (QED) is 0.174. The molecule has 200 valence electrons. The zero-order valence-electron chi connectivity index (χ0n) is 23.0. The first-order chi connectivity index (χ1) is 18.5. The minimum atomic E-state index is -0.0818. The van der Waals surface area contributed by atoms with E-state index in [1.54, 1.807) is 23.9 Å². The number of rotatable bonds is 13. The lowest BCUT2D eigenvalue weighted by atomic mass is 9.62. The van der Waals surface area contributed by atoms with Gasteiger partial charge in [-0.15, -0.1) is 11.3 Å². The summed E-state index contributed by atoms with van der Waals surface area (Å²) in [4.78, 5) is 16.8. The summed E-state index contributed by atoms with van der Waals surface area (Å²) < 4.78 is 0. The molecule has 4 rings (SSSR count). The Morgan fingerprint density at radius 3 is 2.82 bits per heavy atom. The van der Waals surface area contributed by atoms with E-state index in [1.807, 2.05) is 24.3 Å². The van der Waals surface area contributed by atoms with E-state index in [-0.39, 0.29) is 5.91 Å². The second-order valence-corrected chi connectivity index (χ2v) is 11.3. The summed E-state index contributed by atoms with van der Waals surface area (Å²) in [7, 11) is 1.65. The first kappa shape index (κ1) is 27.8. The summed E-state index contributed by atoms with van der Waals surface area (Å²) >= 11 is 1.63. The lowest BCUT2D eigenvalue weighted by molar-refractivity contribution is 0.0963. The number of carbonyl (C=O) groups excluding carboxylic acids is 1. The summed E-state index contributed by atoms with van der Waals surface area (Å²) in [6, 6.07) is 16.7. The van der Waals surface area contributed by atoms with Crippen molar-refractivity contribution in [1.82, 2.24) is 10.3 Å². The molecule has 0 aliphatic heterocycles. The zero-order valence-corrected chi connectivity index (χ0v) is 23.8. The summed E-state index contributed by atoms with van der Waals surface area (Å²) in [5.74, 6) is 1.86. The monoisotopic (exact) mass is 527 g/mol. The van der Waals surface area contributed by atoms with Gasteiger partial charge < -0.3 is 10.6 Å². The van der Waals surface area contributed by atoms with E-state index in [9.17, 15) is 4.79 Å². The molecule has 0 radical (unpaired) electrons. The maximum atomic E-state index is 12.0. The number of nitrogens with one attached hydrogen (secondary N) is 2. The van der Waals surface area contributed by atoms with Gasteiger partial charge in [-0.05, 0) is 79.5 Å². The summed E-state index contributed by atoms with van der Waals surface area (Å²) in [5, 5.41) is 9.27. The molecule has 1 amide bonds. The van der Waals surface area contributed by atoms with Crippen molar-refractivity contribution in [2.75, 3.05) is 18.9 Å². The van der Waals surface area contributed by atoms with Gasteiger partial charge in [0.15, 0.2) is 5.13 Å². The van der Waals surface area contributed by atoms with Gasteiger partial charge >= 0.3 is 0 Å². The Hall–Kier alpha value is -3.18. The van der Waals surface area contributed by atoms with Crippen molar-refractivity contribution < 1.29 is 4.79 Å². The number of nitrogens with zero attached hydrogens (tertiary/aromatic N) is 1. The van der Waals surface area contributed by atoms with Crippen LogP contribution in [0.4, 0.5) is 5.13 Å². The number of carbonyl (C=O) groups is 1. The highest BCUT2D eigenvalue weighted by molar-refractivity contribution is 7.14. The summed E-state index contributed by atoms with van der Waals surface area (Å²) in [6.07, 6.45) is 11.4. The van der Waals surface area contributed by atoms with Crippen molar-refractivity contribution in [3.8, 4) is 11.3 Å². The second-order valence-electron chi connectivity index (χ2n) is 10.4. The lowest BCUT2D eigenvalue weighted by Gasteiger charge is -2.44. The molecule has 3 atom stereocenters. The number of amides is 1. The van der Waals surface area contributed by atoms with Gasteiger partial charge in [0.2, 0.25) is 0 Å². The molecule has 0 saturated heterocycles. The second kappa shape index (κ2) is 13.6. The van der Waals surface area contributed by atoms with Gasteiger partial charge in [0, 0.05) is 30.1 Å². The van der Waals surface area contributed by atoms with E-state index in [1.165, 1.54) is 30.4 Å². The van der Waals surface area contributed by atoms with E-state index in [0.29, 0.717) is 23.3 Å². The molecule has 3 aromatic rings. The van der Waals surface area contributed by atoms with Crippen molar-refractivity contribution in [1.29, 1.82) is 0 Å². The predicted octanol–water partition coefficient (Wildman–Crippen LogP) is 8.26. The smallest absolute Gasteiger partial charge is 0.251 e. The molecule has 2 aromatic carbocycles. The van der Waals surface area contributed by atoms with Gasteiger partial charge in [-0.3, -0.25) is 4.79 Å². The largest absolute Gasteiger partial charge is 0.361 e. The Morgan fingerprint density at radius 2 is 2.03 bits per heavy atom. The Kier molecular flexibility index (Phi) is 9.94. The third-order valence-electron chi connectivity index (χ3n) is 7.93. The normalized spacial score (nSPS) is 18.8. The van der Waals surface area contributed by atoms with Crippen molar-refractivity contribution in [3.05, 3.63) is 94.9 Å². The lowest BCUT2D eigenvalue weighted by Crippen LogP contribution is -2.37. The third kappa shape index (κ3) is 7.02.